The number of rotatable bonds is 5. The molecule has 1 aliphatic heterocycles. The minimum absolute atomic E-state index is 0.125. The Hall–Kier alpha value is -1.26. The molecule has 0 spiro atoms. The van der Waals surface area contributed by atoms with Crippen LogP contribution in [0, 0.1) is 0 Å². The lowest BCUT2D eigenvalue weighted by molar-refractivity contribution is 0.0359. The SMILES string of the molecule is COc1cccc(C2(CN)CC2)c1OC1CN(C)C1. The highest BCUT2D eigenvalue weighted by atomic mass is 16.5. The number of methoxy groups -OCH3 is 1. The van der Waals surface area contributed by atoms with Gasteiger partial charge >= 0.3 is 0 Å². The third kappa shape index (κ3) is 2.19. The van der Waals surface area contributed by atoms with Crippen molar-refractivity contribution < 1.29 is 9.47 Å². The molecule has 19 heavy (non-hydrogen) atoms. The first-order chi connectivity index (χ1) is 9.18. The predicted octanol–water partition coefficient (Wildman–Crippen LogP) is 1.38. The Labute approximate surface area is 114 Å². The zero-order valence-electron chi connectivity index (χ0n) is 11.7. The van der Waals surface area contributed by atoms with Crippen molar-refractivity contribution in [2.75, 3.05) is 33.8 Å². The van der Waals surface area contributed by atoms with Crippen LogP contribution in [0.15, 0.2) is 18.2 Å². The second kappa shape index (κ2) is 4.69. The van der Waals surface area contributed by atoms with Crippen LogP contribution in [0.4, 0.5) is 0 Å². The monoisotopic (exact) mass is 262 g/mol. The third-order valence-electron chi connectivity index (χ3n) is 4.33. The molecule has 0 bridgehead atoms. The molecule has 0 amide bonds. The van der Waals surface area contributed by atoms with Crippen LogP contribution in [0.5, 0.6) is 11.5 Å². The smallest absolute Gasteiger partial charge is 0.165 e. The van der Waals surface area contributed by atoms with Crippen LogP contribution < -0.4 is 15.2 Å². The zero-order valence-corrected chi connectivity index (χ0v) is 11.7. The summed E-state index contributed by atoms with van der Waals surface area (Å²) in [4.78, 5) is 2.25. The minimum Gasteiger partial charge on any atom is -0.493 e. The van der Waals surface area contributed by atoms with E-state index >= 15 is 0 Å². The third-order valence-corrected chi connectivity index (χ3v) is 4.33. The molecule has 2 aliphatic rings. The van der Waals surface area contributed by atoms with Crippen molar-refractivity contribution in [2.45, 2.75) is 24.4 Å². The van der Waals surface area contributed by atoms with Gasteiger partial charge in [-0.15, -0.1) is 0 Å². The standard InChI is InChI=1S/C15H22N2O2/c1-17-8-11(9-17)19-14-12(15(10-16)6-7-15)4-3-5-13(14)18-2/h3-5,11H,6-10,16H2,1-2H3. The molecule has 0 atom stereocenters. The Bertz CT molecular complexity index is 465. The van der Waals surface area contributed by atoms with E-state index in [1.807, 2.05) is 12.1 Å². The highest BCUT2D eigenvalue weighted by Crippen LogP contribution is 2.52. The fraction of sp³-hybridized carbons (Fsp3) is 0.600. The molecule has 0 aromatic heterocycles. The highest BCUT2D eigenvalue weighted by Gasteiger charge is 2.46. The zero-order chi connectivity index (χ0) is 13.5. The largest absolute Gasteiger partial charge is 0.493 e. The molecule has 104 valence electrons. The summed E-state index contributed by atoms with van der Waals surface area (Å²) in [6, 6.07) is 6.14. The van der Waals surface area contributed by atoms with E-state index < -0.39 is 0 Å². The number of likely N-dealkylation sites (tertiary alicyclic amines) is 1. The van der Waals surface area contributed by atoms with Crippen LogP contribution in [0.1, 0.15) is 18.4 Å². The lowest BCUT2D eigenvalue weighted by atomic mass is 9.94. The predicted molar refractivity (Wildman–Crippen MR) is 74.9 cm³/mol. The fourth-order valence-corrected chi connectivity index (χ4v) is 2.83. The summed E-state index contributed by atoms with van der Waals surface area (Å²) in [5.74, 6) is 1.73. The van der Waals surface area contributed by atoms with Crippen LogP contribution in [0.2, 0.25) is 0 Å². The first kappa shape index (κ1) is 12.8. The number of benzene rings is 1. The molecule has 1 saturated carbocycles. The van der Waals surface area contributed by atoms with Gasteiger partial charge in [-0.1, -0.05) is 12.1 Å². The molecule has 1 aromatic rings. The molecular weight excluding hydrogens is 240 g/mol. The number of hydrogen-bond acceptors (Lipinski definition) is 4. The van der Waals surface area contributed by atoms with E-state index in [0.717, 1.165) is 37.4 Å². The lowest BCUT2D eigenvalue weighted by Gasteiger charge is -2.37. The number of para-hydroxylation sites is 1. The molecule has 4 heteroatoms. The van der Waals surface area contributed by atoms with Crippen LogP contribution in [0.3, 0.4) is 0 Å². The van der Waals surface area contributed by atoms with E-state index in [2.05, 4.69) is 18.0 Å². The maximum Gasteiger partial charge on any atom is 0.165 e. The first-order valence-electron chi connectivity index (χ1n) is 6.91. The lowest BCUT2D eigenvalue weighted by Crippen LogP contribution is -2.51. The van der Waals surface area contributed by atoms with Crippen molar-refractivity contribution in [3.8, 4) is 11.5 Å². The number of likely N-dealkylation sites (N-methyl/N-ethyl adjacent to an activating group) is 1. The van der Waals surface area contributed by atoms with Crippen LogP contribution in [-0.2, 0) is 5.41 Å². The van der Waals surface area contributed by atoms with Gasteiger partial charge in [0.25, 0.3) is 0 Å². The molecule has 3 rings (SSSR count). The maximum atomic E-state index is 6.18. The normalized spacial score (nSPS) is 21.8. The van der Waals surface area contributed by atoms with Gasteiger partial charge in [-0.3, -0.25) is 4.90 Å². The van der Waals surface area contributed by atoms with E-state index in [4.69, 9.17) is 15.2 Å². The molecule has 2 N–H and O–H groups in total. The summed E-state index contributed by atoms with van der Waals surface area (Å²) in [6.45, 7) is 2.64. The van der Waals surface area contributed by atoms with Crippen LogP contribution in [0.25, 0.3) is 0 Å². The van der Waals surface area contributed by atoms with Crippen molar-refractivity contribution in [1.82, 2.24) is 4.90 Å². The minimum atomic E-state index is 0.125. The summed E-state index contributed by atoms with van der Waals surface area (Å²) in [5, 5.41) is 0. The van der Waals surface area contributed by atoms with Gasteiger partial charge in [0.1, 0.15) is 6.10 Å². The van der Waals surface area contributed by atoms with Crippen molar-refractivity contribution >= 4 is 0 Å². The maximum absolute atomic E-state index is 6.18. The summed E-state index contributed by atoms with van der Waals surface area (Å²) in [7, 11) is 3.80. The van der Waals surface area contributed by atoms with Crippen molar-refractivity contribution in [3.63, 3.8) is 0 Å². The van der Waals surface area contributed by atoms with E-state index in [1.165, 1.54) is 5.56 Å². The Morgan fingerprint density at radius 2 is 2.11 bits per heavy atom. The number of hydrogen-bond donors (Lipinski definition) is 1. The van der Waals surface area contributed by atoms with Crippen LogP contribution >= 0.6 is 0 Å². The molecule has 0 unspecified atom stereocenters. The number of ether oxygens (including phenoxy) is 2. The summed E-state index contributed by atoms with van der Waals surface area (Å²) in [6.07, 6.45) is 2.57. The molecule has 1 heterocycles. The average molecular weight is 262 g/mol. The van der Waals surface area contributed by atoms with Crippen LogP contribution in [-0.4, -0.2) is 44.8 Å². The quantitative estimate of drug-likeness (QED) is 0.871. The second-order valence-electron chi connectivity index (χ2n) is 5.78. The summed E-state index contributed by atoms with van der Waals surface area (Å²) >= 11 is 0. The molecule has 4 nitrogen and oxygen atoms in total. The average Bonchev–Trinajstić information content (AvgIpc) is 3.18. The Balaban J connectivity index is 1.90. The van der Waals surface area contributed by atoms with E-state index in [0.29, 0.717) is 6.54 Å². The van der Waals surface area contributed by atoms with E-state index in [-0.39, 0.29) is 11.5 Å². The van der Waals surface area contributed by atoms with Crippen molar-refractivity contribution in [1.29, 1.82) is 0 Å². The fourth-order valence-electron chi connectivity index (χ4n) is 2.83. The van der Waals surface area contributed by atoms with Crippen molar-refractivity contribution in [2.24, 2.45) is 5.73 Å². The van der Waals surface area contributed by atoms with Gasteiger partial charge in [-0.2, -0.15) is 0 Å². The Morgan fingerprint density at radius 1 is 1.37 bits per heavy atom. The summed E-state index contributed by atoms with van der Waals surface area (Å²) in [5.41, 5.74) is 7.31. The van der Waals surface area contributed by atoms with Gasteiger partial charge in [0, 0.05) is 30.6 Å². The van der Waals surface area contributed by atoms with Gasteiger partial charge in [0.05, 0.1) is 7.11 Å². The van der Waals surface area contributed by atoms with Gasteiger partial charge in [-0.05, 0) is 26.0 Å². The van der Waals surface area contributed by atoms with Crippen molar-refractivity contribution in [3.05, 3.63) is 23.8 Å². The number of nitrogens with zero attached hydrogens (tertiary/aromatic N) is 1. The molecule has 2 fully saturated rings. The highest BCUT2D eigenvalue weighted by molar-refractivity contribution is 5.52. The van der Waals surface area contributed by atoms with E-state index in [9.17, 15) is 0 Å². The van der Waals surface area contributed by atoms with E-state index in [1.54, 1.807) is 7.11 Å². The summed E-state index contributed by atoms with van der Waals surface area (Å²) < 4.78 is 11.7. The van der Waals surface area contributed by atoms with Gasteiger partial charge < -0.3 is 15.2 Å². The number of nitrogens with two attached hydrogens (primary N) is 1. The van der Waals surface area contributed by atoms with Gasteiger partial charge in [0.15, 0.2) is 11.5 Å². The van der Waals surface area contributed by atoms with Gasteiger partial charge in [0.2, 0.25) is 0 Å². The molecular formula is C15H22N2O2. The Kier molecular flexibility index (Phi) is 3.15. The molecule has 1 aliphatic carbocycles. The second-order valence-corrected chi connectivity index (χ2v) is 5.78. The topological polar surface area (TPSA) is 47.7 Å². The Morgan fingerprint density at radius 3 is 2.63 bits per heavy atom. The first-order valence-corrected chi connectivity index (χ1v) is 6.91. The molecule has 1 saturated heterocycles. The van der Waals surface area contributed by atoms with Gasteiger partial charge in [-0.25, -0.2) is 0 Å². The molecule has 0 radical (unpaired) electrons. The molecule has 1 aromatic carbocycles.